The molecule has 0 aliphatic rings. The summed E-state index contributed by atoms with van der Waals surface area (Å²) in [5.41, 5.74) is 2.29. The molecule has 0 saturated carbocycles. The van der Waals surface area contributed by atoms with Crippen molar-refractivity contribution in [1.82, 2.24) is 0 Å². The highest BCUT2D eigenvalue weighted by atomic mass is 79.9. The van der Waals surface area contributed by atoms with Crippen LogP contribution in [0.4, 0.5) is 0 Å². The van der Waals surface area contributed by atoms with Crippen molar-refractivity contribution in [2.75, 3.05) is 13.7 Å². The van der Waals surface area contributed by atoms with Gasteiger partial charge >= 0.3 is 11.9 Å². The summed E-state index contributed by atoms with van der Waals surface area (Å²) in [4.78, 5) is 41.6. The number of hydrogen-bond acceptors (Lipinski definition) is 8. The molecule has 0 radical (unpaired) electrons. The van der Waals surface area contributed by atoms with E-state index < -0.39 is 12.0 Å². The summed E-state index contributed by atoms with van der Waals surface area (Å²) in [5.74, 6) is -1.40. The Morgan fingerprint density at radius 2 is 1.74 bits per heavy atom. The number of aliphatic imine (C=N–C) groups is 1. The molecular formula is C30H30BrNO7. The lowest BCUT2D eigenvalue weighted by Gasteiger charge is -2.13. The maximum Gasteiger partial charge on any atom is 0.343 e. The van der Waals surface area contributed by atoms with E-state index in [1.165, 1.54) is 19.4 Å². The van der Waals surface area contributed by atoms with E-state index in [1.807, 2.05) is 13.0 Å². The molecule has 0 spiro atoms. The Hall–Kier alpha value is -3.82. The SMILES string of the molecule is COCC(=O)C(Cc1ccc(OC(=O)C(C)C)cc1)N=Cc1cc(Br)cc(OC(=O)c2cccc(C)c2)c1O. The largest absolute Gasteiger partial charge is 0.504 e. The van der Waals surface area contributed by atoms with Gasteiger partial charge in [0.1, 0.15) is 18.4 Å². The molecule has 1 unspecified atom stereocenters. The fraction of sp³-hybridized carbons (Fsp3) is 0.267. The third-order valence-electron chi connectivity index (χ3n) is 5.62. The molecule has 9 heteroatoms. The molecule has 0 saturated heterocycles. The molecule has 0 aliphatic carbocycles. The van der Waals surface area contributed by atoms with Crippen LogP contribution in [0.1, 0.15) is 40.9 Å². The Bertz CT molecular complexity index is 1370. The summed E-state index contributed by atoms with van der Waals surface area (Å²) in [6, 6.07) is 16.0. The first kappa shape index (κ1) is 29.7. The van der Waals surface area contributed by atoms with E-state index in [9.17, 15) is 19.5 Å². The number of ether oxygens (including phenoxy) is 3. The topological polar surface area (TPSA) is 111 Å². The van der Waals surface area contributed by atoms with Gasteiger partial charge in [-0.25, -0.2) is 4.79 Å². The molecule has 3 rings (SSSR count). The molecule has 0 amide bonds. The van der Waals surface area contributed by atoms with Crippen LogP contribution >= 0.6 is 15.9 Å². The van der Waals surface area contributed by atoms with Crippen LogP contribution in [0.5, 0.6) is 17.2 Å². The summed E-state index contributed by atoms with van der Waals surface area (Å²) in [6.07, 6.45) is 1.61. The Kier molecular flexibility index (Phi) is 10.5. The average molecular weight is 596 g/mol. The zero-order chi connectivity index (χ0) is 28.5. The number of carbonyl (C=O) groups excluding carboxylic acids is 3. The predicted octanol–water partition coefficient (Wildman–Crippen LogP) is 5.49. The Labute approximate surface area is 235 Å². The summed E-state index contributed by atoms with van der Waals surface area (Å²) in [5, 5.41) is 10.8. The van der Waals surface area contributed by atoms with Crippen molar-refractivity contribution in [3.63, 3.8) is 0 Å². The van der Waals surface area contributed by atoms with Crippen LogP contribution in [0.3, 0.4) is 0 Å². The maximum atomic E-state index is 12.8. The number of carbonyl (C=O) groups is 3. The number of nitrogens with zero attached hydrogens (tertiary/aromatic N) is 1. The number of methoxy groups -OCH3 is 1. The molecule has 0 fully saturated rings. The molecule has 0 aromatic heterocycles. The molecule has 0 heterocycles. The van der Waals surface area contributed by atoms with Gasteiger partial charge < -0.3 is 19.3 Å². The highest BCUT2D eigenvalue weighted by Crippen LogP contribution is 2.34. The molecule has 0 bridgehead atoms. The number of ketones is 1. The monoisotopic (exact) mass is 595 g/mol. The second kappa shape index (κ2) is 13.8. The zero-order valence-electron chi connectivity index (χ0n) is 22.1. The van der Waals surface area contributed by atoms with Crippen molar-refractivity contribution in [3.05, 3.63) is 87.4 Å². The number of benzene rings is 3. The third-order valence-corrected chi connectivity index (χ3v) is 6.08. The van der Waals surface area contributed by atoms with Gasteiger partial charge in [-0.15, -0.1) is 0 Å². The van der Waals surface area contributed by atoms with Crippen LogP contribution in [0.15, 0.2) is 70.1 Å². The van der Waals surface area contributed by atoms with Gasteiger partial charge in [0.05, 0.1) is 11.5 Å². The number of phenolic OH excluding ortho intramolecular Hbond substituents is 1. The van der Waals surface area contributed by atoms with E-state index in [1.54, 1.807) is 62.4 Å². The standard InChI is InChI=1S/C30H30BrNO7/c1-18(2)29(35)38-24-10-8-20(9-11-24)13-25(26(33)17-37-4)32-16-22-14-23(31)15-27(28(22)34)39-30(36)21-7-5-6-19(3)12-21/h5-12,14-16,18,25,34H,13,17H2,1-4H3. The van der Waals surface area contributed by atoms with Gasteiger partial charge in [-0.3, -0.25) is 14.6 Å². The highest BCUT2D eigenvalue weighted by Gasteiger charge is 2.20. The molecular weight excluding hydrogens is 566 g/mol. The molecule has 0 aliphatic heterocycles. The smallest absolute Gasteiger partial charge is 0.343 e. The molecule has 3 aromatic rings. The average Bonchev–Trinajstić information content (AvgIpc) is 2.89. The van der Waals surface area contributed by atoms with Gasteiger partial charge in [-0.2, -0.15) is 0 Å². The van der Waals surface area contributed by atoms with Crippen molar-refractivity contribution < 1.29 is 33.7 Å². The maximum absolute atomic E-state index is 12.8. The van der Waals surface area contributed by atoms with Crippen LogP contribution in [-0.4, -0.2) is 48.8 Å². The van der Waals surface area contributed by atoms with Crippen molar-refractivity contribution >= 4 is 39.9 Å². The summed E-state index contributed by atoms with van der Waals surface area (Å²) >= 11 is 3.37. The van der Waals surface area contributed by atoms with Gasteiger partial charge in [-0.05, 0) is 48.9 Å². The number of aromatic hydroxyl groups is 1. The van der Waals surface area contributed by atoms with Gasteiger partial charge in [0.25, 0.3) is 0 Å². The lowest BCUT2D eigenvalue weighted by molar-refractivity contribution is -0.137. The van der Waals surface area contributed by atoms with Crippen molar-refractivity contribution in [3.8, 4) is 17.2 Å². The summed E-state index contributed by atoms with van der Waals surface area (Å²) in [6.45, 7) is 5.22. The van der Waals surface area contributed by atoms with Crippen LogP contribution in [0, 0.1) is 12.8 Å². The van der Waals surface area contributed by atoms with Crippen molar-refractivity contribution in [2.24, 2.45) is 10.9 Å². The van der Waals surface area contributed by atoms with E-state index in [-0.39, 0.29) is 47.8 Å². The number of esters is 2. The molecule has 1 N–H and O–H groups in total. The van der Waals surface area contributed by atoms with Crippen LogP contribution in [0.25, 0.3) is 0 Å². The Morgan fingerprint density at radius 1 is 1.03 bits per heavy atom. The second-order valence-electron chi connectivity index (χ2n) is 9.22. The van der Waals surface area contributed by atoms with E-state index in [0.717, 1.165) is 11.1 Å². The van der Waals surface area contributed by atoms with E-state index >= 15 is 0 Å². The quantitative estimate of drug-likeness (QED) is 0.177. The third kappa shape index (κ3) is 8.59. The fourth-order valence-electron chi connectivity index (χ4n) is 3.51. The minimum atomic E-state index is -0.814. The number of aryl methyl sites for hydroxylation is 1. The predicted molar refractivity (Wildman–Crippen MR) is 151 cm³/mol. The minimum absolute atomic E-state index is 0.0522. The van der Waals surface area contributed by atoms with Gasteiger partial charge in [0.2, 0.25) is 0 Å². The first-order chi connectivity index (χ1) is 18.6. The lowest BCUT2D eigenvalue weighted by atomic mass is 10.0. The summed E-state index contributed by atoms with van der Waals surface area (Å²) in [7, 11) is 1.42. The molecule has 39 heavy (non-hydrogen) atoms. The summed E-state index contributed by atoms with van der Waals surface area (Å²) < 4.78 is 16.3. The van der Waals surface area contributed by atoms with Gasteiger partial charge in [0.15, 0.2) is 17.3 Å². The van der Waals surface area contributed by atoms with Crippen LogP contribution < -0.4 is 9.47 Å². The van der Waals surface area contributed by atoms with Crippen molar-refractivity contribution in [2.45, 2.75) is 33.2 Å². The van der Waals surface area contributed by atoms with Crippen molar-refractivity contribution in [1.29, 1.82) is 0 Å². The van der Waals surface area contributed by atoms with E-state index in [4.69, 9.17) is 14.2 Å². The fourth-order valence-corrected chi connectivity index (χ4v) is 3.97. The first-order valence-electron chi connectivity index (χ1n) is 12.2. The minimum Gasteiger partial charge on any atom is -0.504 e. The Balaban J connectivity index is 1.81. The second-order valence-corrected chi connectivity index (χ2v) is 10.1. The first-order valence-corrected chi connectivity index (χ1v) is 13.0. The number of rotatable bonds is 11. The molecule has 1 atom stereocenters. The van der Waals surface area contributed by atoms with Crippen LogP contribution in [-0.2, 0) is 20.7 Å². The molecule has 204 valence electrons. The van der Waals surface area contributed by atoms with E-state index in [2.05, 4.69) is 20.9 Å². The van der Waals surface area contributed by atoms with Gasteiger partial charge in [0, 0.05) is 29.8 Å². The molecule has 3 aromatic carbocycles. The molecule has 8 nitrogen and oxygen atoms in total. The number of halogens is 1. The normalized spacial score (nSPS) is 11.9. The van der Waals surface area contributed by atoms with E-state index in [0.29, 0.717) is 15.8 Å². The number of Topliss-reactive ketones (excluding diaryl/α,β-unsaturated/α-hetero) is 1. The van der Waals surface area contributed by atoms with Crippen LogP contribution in [0.2, 0.25) is 0 Å². The zero-order valence-corrected chi connectivity index (χ0v) is 23.7. The highest BCUT2D eigenvalue weighted by molar-refractivity contribution is 9.10. The number of hydrogen-bond donors (Lipinski definition) is 1. The van der Waals surface area contributed by atoms with Gasteiger partial charge in [-0.1, -0.05) is 59.6 Å². The lowest BCUT2D eigenvalue weighted by Crippen LogP contribution is -2.25. The Morgan fingerprint density at radius 3 is 2.38 bits per heavy atom. The number of phenols is 1.